The first-order valence-electron chi connectivity index (χ1n) is 30.6. The van der Waals surface area contributed by atoms with Crippen molar-refractivity contribution in [3.8, 4) is 34.1 Å². The zero-order valence-electron chi connectivity index (χ0n) is 51.2. The first-order valence-corrected chi connectivity index (χ1v) is 33.9. The number of aliphatic hydroxyl groups is 1. The minimum atomic E-state index is -1.44. The molecule has 28 heteroatoms. The van der Waals surface area contributed by atoms with Crippen LogP contribution >= 0.6 is 80.0 Å². The zero-order valence-corrected chi connectivity index (χ0v) is 57.8. The topological polar surface area (TPSA) is 304 Å². The molecular formula is C66H72BCl3I2N10O12. The maximum Gasteiger partial charge on any atom is 0.488 e. The van der Waals surface area contributed by atoms with Crippen LogP contribution in [0.25, 0.3) is 44.2 Å². The van der Waals surface area contributed by atoms with Crippen LogP contribution in [0, 0.1) is 7.14 Å². The number of aromatic nitrogens is 9. The number of nitrogens with one attached hydrogen (secondary N) is 1. The van der Waals surface area contributed by atoms with Crippen LogP contribution in [0.15, 0.2) is 147 Å². The summed E-state index contributed by atoms with van der Waals surface area (Å²) in [4.78, 5) is 28.2. The van der Waals surface area contributed by atoms with E-state index >= 15 is 0 Å². The number of hydrogen-bond acceptors (Lipinski definition) is 18. The summed E-state index contributed by atoms with van der Waals surface area (Å²) in [5.74, 6) is 1.99. The lowest BCUT2D eigenvalue weighted by molar-refractivity contribution is -0.187. The quantitative estimate of drug-likeness (QED) is 0.0536. The molecule has 0 radical (unpaired) electrons. The van der Waals surface area contributed by atoms with Crippen molar-refractivity contribution in [1.82, 2.24) is 50.2 Å². The summed E-state index contributed by atoms with van der Waals surface area (Å²) in [5.41, 5.74) is 5.09. The van der Waals surface area contributed by atoms with Crippen LogP contribution in [-0.4, -0.2) is 135 Å². The molecule has 22 nitrogen and oxygen atoms in total. The van der Waals surface area contributed by atoms with E-state index in [0.29, 0.717) is 52.0 Å². The molecule has 3 saturated carbocycles. The van der Waals surface area contributed by atoms with E-state index in [2.05, 4.69) is 114 Å². The van der Waals surface area contributed by atoms with Crippen LogP contribution in [0.4, 0.5) is 0 Å². The number of aliphatic hydroxyl groups excluding tert-OH is 1. The van der Waals surface area contributed by atoms with E-state index in [1.165, 1.54) is 19.0 Å². The van der Waals surface area contributed by atoms with Crippen molar-refractivity contribution in [3.63, 3.8) is 0 Å². The van der Waals surface area contributed by atoms with Gasteiger partial charge in [0.15, 0.2) is 17.4 Å². The number of para-hydroxylation sites is 2. The summed E-state index contributed by atoms with van der Waals surface area (Å²) >= 11 is 23.1. The standard InChI is InChI=1S/C26H24ClN3O3.C14H15ClIN3O2.C12H11BO3.C8H14O3.C6H3ClIN3.H3N.H2O/c27-24-23-22(18-6-8-21(9-7-18)33-20-4-2-1-3-5-20)16-30(25(23)29-17-28-24)19-10-12-26(13-11-19)31-14-15-32-26;15-12-11-10(16)7-19(13(11)18-8-17-12)9-1-3-14(4-2-9)20-5-6-21-14;14-13(15)10-6-8-12(9-7-10)16-11-4-2-1-3-5-11;9-7-1-3-8(4-2-7)10-5-6-11-8;7-5-4-3(8)1-9-6(4)11-2-10-5;;/h1-9,16-17,19H,10-15H2;7-9H,1-6H2;1-9,14-15H;7,9H,1-6H2;1-2H,(H,9,10,11);1H3;1H2. The van der Waals surface area contributed by atoms with Gasteiger partial charge in [-0.05, 0) is 143 Å². The number of H-pyrrole nitrogens is 1. The Bertz CT molecular complexity index is 4030. The lowest BCUT2D eigenvalue weighted by atomic mass is 9.80. The molecule has 0 amide bonds. The normalized spacial score (nSPS) is 19.1. The van der Waals surface area contributed by atoms with Crippen LogP contribution < -0.4 is 21.1 Å². The highest BCUT2D eigenvalue weighted by molar-refractivity contribution is 14.1. The highest BCUT2D eigenvalue weighted by Crippen LogP contribution is 2.45. The average molecular weight is 1570 g/mol. The van der Waals surface area contributed by atoms with Crippen molar-refractivity contribution in [2.45, 2.75) is 113 Å². The molecule has 9 heterocycles. The number of fused-ring (bicyclic) bond motifs is 3. The second-order valence-electron chi connectivity index (χ2n) is 22.9. The summed E-state index contributed by atoms with van der Waals surface area (Å²) < 4.78 is 52.6. The first-order chi connectivity index (χ1) is 44.7. The molecule has 3 spiro atoms. The maximum atomic E-state index is 9.24. The van der Waals surface area contributed by atoms with E-state index in [9.17, 15) is 5.11 Å². The summed E-state index contributed by atoms with van der Waals surface area (Å²) in [5, 5.41) is 31.3. The van der Waals surface area contributed by atoms with Gasteiger partial charge in [-0.2, -0.15) is 0 Å². The predicted octanol–water partition coefficient (Wildman–Crippen LogP) is 13.3. The molecular weight excluding hydrogens is 1500 g/mol. The van der Waals surface area contributed by atoms with E-state index in [0.717, 1.165) is 172 Å². The van der Waals surface area contributed by atoms with Crippen molar-refractivity contribution in [3.05, 3.63) is 169 Å². The van der Waals surface area contributed by atoms with Gasteiger partial charge in [0.25, 0.3) is 0 Å². The first kappa shape index (κ1) is 71.1. The van der Waals surface area contributed by atoms with Gasteiger partial charge in [0.05, 0.1) is 61.9 Å². The Morgan fingerprint density at radius 2 is 0.883 bits per heavy atom. The number of aromatic amines is 1. The fourth-order valence-electron chi connectivity index (χ4n) is 12.4. The Labute approximate surface area is 585 Å². The van der Waals surface area contributed by atoms with Gasteiger partial charge in [-0.15, -0.1) is 0 Å². The molecule has 0 unspecified atom stereocenters. The second-order valence-corrected chi connectivity index (χ2v) is 26.3. The highest BCUT2D eigenvalue weighted by Gasteiger charge is 2.43. The Morgan fingerprint density at radius 1 is 0.489 bits per heavy atom. The molecule has 10 aromatic rings. The number of benzene rings is 4. The minimum absolute atomic E-state index is 0. The van der Waals surface area contributed by atoms with Crippen LogP contribution in [-0.2, 0) is 28.4 Å². The lowest BCUT2D eigenvalue weighted by Gasteiger charge is -2.36. The summed E-state index contributed by atoms with van der Waals surface area (Å²) in [6, 6.07) is 34.6. The molecule has 94 heavy (non-hydrogen) atoms. The van der Waals surface area contributed by atoms with Gasteiger partial charge < -0.3 is 78.8 Å². The molecule has 3 aliphatic carbocycles. The Kier molecular flexibility index (Phi) is 24.6. The molecule has 0 bridgehead atoms. The van der Waals surface area contributed by atoms with Gasteiger partial charge >= 0.3 is 7.12 Å². The second kappa shape index (κ2) is 32.6. The third-order valence-electron chi connectivity index (χ3n) is 17.1. The zero-order chi connectivity index (χ0) is 63.7. The predicted molar refractivity (Wildman–Crippen MR) is 376 cm³/mol. The molecule has 16 rings (SSSR count). The van der Waals surface area contributed by atoms with Crippen LogP contribution in [0.1, 0.15) is 89.1 Å². The molecule has 3 aliphatic heterocycles. The van der Waals surface area contributed by atoms with E-state index < -0.39 is 7.12 Å². The molecule has 9 N–H and O–H groups in total. The molecule has 6 fully saturated rings. The van der Waals surface area contributed by atoms with E-state index in [-0.39, 0.29) is 35.1 Å². The molecule has 3 saturated heterocycles. The van der Waals surface area contributed by atoms with Crippen LogP contribution in [0.5, 0.6) is 23.0 Å². The van der Waals surface area contributed by atoms with E-state index in [4.69, 9.17) is 82.7 Å². The van der Waals surface area contributed by atoms with Gasteiger partial charge in [0.2, 0.25) is 0 Å². The largest absolute Gasteiger partial charge is 0.488 e. The third kappa shape index (κ3) is 17.0. The number of hydrogen-bond donors (Lipinski definition) is 5. The molecule has 496 valence electrons. The molecule has 6 aromatic heterocycles. The van der Waals surface area contributed by atoms with E-state index in [1.54, 1.807) is 24.3 Å². The van der Waals surface area contributed by atoms with Gasteiger partial charge in [0, 0.05) is 81.9 Å². The number of ether oxygens (including phenoxy) is 8. The Morgan fingerprint density at radius 3 is 1.34 bits per heavy atom. The van der Waals surface area contributed by atoms with Crippen molar-refractivity contribution in [1.29, 1.82) is 0 Å². The van der Waals surface area contributed by atoms with Crippen molar-refractivity contribution in [2.24, 2.45) is 0 Å². The lowest BCUT2D eigenvalue weighted by Crippen LogP contribution is -2.36. The summed E-state index contributed by atoms with van der Waals surface area (Å²) in [7, 11) is -1.44. The number of nitrogens with zero attached hydrogens (tertiary/aromatic N) is 8. The van der Waals surface area contributed by atoms with Crippen LogP contribution in [0.2, 0.25) is 15.5 Å². The van der Waals surface area contributed by atoms with Gasteiger partial charge in [-0.1, -0.05) is 95.5 Å². The highest BCUT2D eigenvalue weighted by atomic mass is 127. The average Bonchev–Trinajstić information content (AvgIpc) is 1.62. The van der Waals surface area contributed by atoms with Crippen LogP contribution in [0.3, 0.4) is 0 Å². The smallest absolute Gasteiger partial charge is 0.457 e. The Balaban J connectivity index is 0.000000137. The fraction of sp³-hybridized carbons (Fsp3) is 0.364. The van der Waals surface area contributed by atoms with Crippen molar-refractivity contribution in [2.75, 3.05) is 39.6 Å². The summed E-state index contributed by atoms with van der Waals surface area (Å²) in [6.45, 7) is 4.25. The number of halogens is 5. The van der Waals surface area contributed by atoms with Gasteiger partial charge in [-0.25, -0.2) is 29.9 Å². The SMILES string of the molecule is Clc1ncnc2[nH]cc(I)c12.Clc1ncnc2c1c(-c1ccc(Oc3ccccc3)cc1)cn2C1CCC2(CC1)OCCO2.Clc1ncnc2c1c(I)cn2C1CCC2(CC1)OCCO2.N.O.OB(O)c1ccc(Oc2ccccc2)cc1.OC1CCC2(CC1)OCCO2. The molecule has 4 aromatic carbocycles. The maximum absolute atomic E-state index is 9.24. The summed E-state index contributed by atoms with van der Waals surface area (Å²) in [6.07, 6.45) is 21.5. The molecule has 0 atom stereocenters. The Hall–Kier alpha value is -5.71. The van der Waals surface area contributed by atoms with E-state index in [1.807, 2.05) is 79.0 Å². The third-order valence-corrected chi connectivity index (χ3v) is 19.7. The molecule has 6 aliphatic rings. The van der Waals surface area contributed by atoms with Crippen molar-refractivity contribution >= 4 is 126 Å². The van der Waals surface area contributed by atoms with Gasteiger partial charge in [0.1, 0.15) is 74.4 Å². The monoisotopic (exact) mass is 1570 g/mol. The number of rotatable bonds is 8. The van der Waals surface area contributed by atoms with Gasteiger partial charge in [-0.3, -0.25) is 0 Å². The van der Waals surface area contributed by atoms with Crippen molar-refractivity contribution < 1.29 is 58.5 Å². The minimum Gasteiger partial charge on any atom is -0.457 e. The fourth-order valence-corrected chi connectivity index (χ4v) is 14.9.